The molecule has 0 aliphatic carbocycles. The van der Waals surface area contributed by atoms with Gasteiger partial charge >= 0.3 is 0 Å². The quantitative estimate of drug-likeness (QED) is 0.582. The van der Waals surface area contributed by atoms with Crippen LogP contribution in [0.2, 0.25) is 0 Å². The molecule has 1 heterocycles. The molecular weight excluding hydrogens is 408 g/mol. The topological polar surface area (TPSA) is 64.2 Å². The lowest BCUT2D eigenvalue weighted by molar-refractivity contribution is 0.397. The minimum Gasteiger partial charge on any atom is -0.497 e. The van der Waals surface area contributed by atoms with Crippen molar-refractivity contribution >= 4 is 26.8 Å². The zero-order valence-corrected chi connectivity index (χ0v) is 17.6. The Morgan fingerprint density at radius 1 is 1.07 bits per heavy atom. The molecule has 0 aliphatic heterocycles. The smallest absolute Gasteiger partial charge is 0.262 e. The summed E-state index contributed by atoms with van der Waals surface area (Å²) in [5.74, 6) is 1.59. The predicted octanol–water partition coefficient (Wildman–Crippen LogP) is 4.55. The molecule has 1 aromatic heterocycles. The Bertz CT molecular complexity index is 1020. The summed E-state index contributed by atoms with van der Waals surface area (Å²) in [7, 11) is 3.10. The predicted molar refractivity (Wildman–Crippen MR) is 112 cm³/mol. The molecule has 0 bridgehead atoms. The average molecular weight is 431 g/mol. The summed E-state index contributed by atoms with van der Waals surface area (Å²) in [6.07, 6.45) is 2.12. The molecule has 27 heavy (non-hydrogen) atoms. The first-order valence-corrected chi connectivity index (χ1v) is 9.93. The zero-order chi connectivity index (χ0) is 19.6. The molecule has 0 radical (unpaired) electrons. The largest absolute Gasteiger partial charge is 0.497 e. The zero-order valence-electron chi connectivity index (χ0n) is 16.0. The van der Waals surface area contributed by atoms with Crippen LogP contribution in [-0.2, 0) is 6.42 Å². The van der Waals surface area contributed by atoms with E-state index < -0.39 is 0 Å². The molecule has 142 valence electrons. The summed E-state index contributed by atoms with van der Waals surface area (Å²) in [4.78, 5) is 20.3. The molecule has 0 saturated carbocycles. The molecule has 0 spiro atoms. The second-order valence-corrected chi connectivity index (χ2v) is 7.31. The normalized spacial score (nSPS) is 11.0. The number of alkyl halides is 1. The number of ether oxygens (including phenoxy) is 2. The van der Waals surface area contributed by atoms with Crippen LogP contribution >= 0.6 is 15.9 Å². The van der Waals surface area contributed by atoms with Gasteiger partial charge in [-0.05, 0) is 55.5 Å². The van der Waals surface area contributed by atoms with Crippen molar-refractivity contribution in [1.29, 1.82) is 0 Å². The molecule has 0 fully saturated rings. The number of benzene rings is 2. The van der Waals surface area contributed by atoms with Gasteiger partial charge in [-0.1, -0.05) is 15.9 Å². The minimum absolute atomic E-state index is 0.229. The van der Waals surface area contributed by atoms with Gasteiger partial charge in [0.25, 0.3) is 5.56 Å². The number of aromatic amines is 1. The van der Waals surface area contributed by atoms with Crippen LogP contribution in [0.5, 0.6) is 11.5 Å². The van der Waals surface area contributed by atoms with Crippen molar-refractivity contribution < 1.29 is 9.47 Å². The number of aromatic nitrogens is 2. The van der Waals surface area contributed by atoms with E-state index in [-0.39, 0.29) is 5.56 Å². The summed E-state index contributed by atoms with van der Waals surface area (Å²) in [6, 6.07) is 7.60. The van der Waals surface area contributed by atoms with Crippen LogP contribution < -0.4 is 15.0 Å². The lowest BCUT2D eigenvalue weighted by atomic mass is 9.96. The molecule has 0 atom stereocenters. The Kier molecular flexibility index (Phi) is 5.85. The van der Waals surface area contributed by atoms with E-state index in [0.717, 1.165) is 23.7 Å². The van der Waals surface area contributed by atoms with Crippen LogP contribution in [-0.4, -0.2) is 29.5 Å². The Morgan fingerprint density at radius 3 is 2.37 bits per heavy atom. The number of halogens is 1. The highest BCUT2D eigenvalue weighted by Gasteiger charge is 2.14. The third-order valence-electron chi connectivity index (χ3n) is 4.73. The first-order valence-electron chi connectivity index (χ1n) is 8.81. The third kappa shape index (κ3) is 3.86. The Balaban J connectivity index is 2.16. The van der Waals surface area contributed by atoms with Gasteiger partial charge in [0.2, 0.25) is 0 Å². The average Bonchev–Trinajstić information content (AvgIpc) is 2.66. The number of nitrogens with zero attached hydrogens (tertiary/aromatic N) is 1. The highest BCUT2D eigenvalue weighted by molar-refractivity contribution is 9.09. The van der Waals surface area contributed by atoms with Gasteiger partial charge in [-0.3, -0.25) is 4.79 Å². The van der Waals surface area contributed by atoms with Crippen LogP contribution in [0.3, 0.4) is 0 Å². The molecule has 0 aliphatic rings. The maximum atomic E-state index is 12.7. The van der Waals surface area contributed by atoms with Crippen molar-refractivity contribution in [2.24, 2.45) is 0 Å². The molecule has 3 rings (SSSR count). The highest BCUT2D eigenvalue weighted by Crippen LogP contribution is 2.30. The summed E-state index contributed by atoms with van der Waals surface area (Å²) in [5.41, 5.74) is 4.98. The van der Waals surface area contributed by atoms with Crippen molar-refractivity contribution in [3.63, 3.8) is 0 Å². The lowest BCUT2D eigenvalue weighted by Crippen LogP contribution is -2.11. The number of nitrogens with one attached hydrogen (secondary N) is 1. The molecule has 3 aromatic rings. The van der Waals surface area contributed by atoms with E-state index in [0.29, 0.717) is 28.2 Å². The van der Waals surface area contributed by atoms with E-state index in [9.17, 15) is 4.79 Å². The fourth-order valence-electron chi connectivity index (χ4n) is 3.39. The van der Waals surface area contributed by atoms with Crippen molar-refractivity contribution in [2.75, 3.05) is 19.5 Å². The van der Waals surface area contributed by atoms with Gasteiger partial charge in [-0.15, -0.1) is 0 Å². The Morgan fingerprint density at radius 2 is 1.78 bits per heavy atom. The lowest BCUT2D eigenvalue weighted by Gasteiger charge is -2.13. The molecule has 0 unspecified atom stereocenters. The number of fused-ring (bicyclic) bond motifs is 1. The summed E-state index contributed by atoms with van der Waals surface area (Å²) in [6.45, 7) is 4.20. The molecular formula is C21H23BrN2O3. The number of methoxy groups -OCH3 is 2. The van der Waals surface area contributed by atoms with E-state index in [1.165, 1.54) is 23.8 Å². The van der Waals surface area contributed by atoms with Crippen LogP contribution in [0.1, 0.15) is 23.1 Å². The third-order valence-corrected chi connectivity index (χ3v) is 5.29. The van der Waals surface area contributed by atoms with E-state index in [1.54, 1.807) is 19.2 Å². The van der Waals surface area contributed by atoms with Gasteiger partial charge < -0.3 is 14.5 Å². The van der Waals surface area contributed by atoms with Gasteiger partial charge in [0.15, 0.2) is 0 Å². The van der Waals surface area contributed by atoms with Crippen LogP contribution in [0.4, 0.5) is 0 Å². The molecule has 5 nitrogen and oxygen atoms in total. The monoisotopic (exact) mass is 430 g/mol. The maximum Gasteiger partial charge on any atom is 0.262 e. The van der Waals surface area contributed by atoms with Gasteiger partial charge in [0.05, 0.1) is 19.7 Å². The van der Waals surface area contributed by atoms with Crippen molar-refractivity contribution in [3.8, 4) is 22.9 Å². The number of hydrogen-bond acceptors (Lipinski definition) is 4. The SMILES string of the molecule is COc1cc(OC)c2c(=O)[nH]c(-c3cc(C)c(CCCBr)c(C)c3)nc2c1. The molecule has 2 aromatic carbocycles. The molecule has 0 amide bonds. The summed E-state index contributed by atoms with van der Waals surface area (Å²) < 4.78 is 10.6. The fourth-order valence-corrected chi connectivity index (χ4v) is 3.67. The van der Waals surface area contributed by atoms with E-state index in [4.69, 9.17) is 9.47 Å². The first kappa shape index (κ1) is 19.4. The van der Waals surface area contributed by atoms with Crippen LogP contribution in [0.25, 0.3) is 22.3 Å². The van der Waals surface area contributed by atoms with Gasteiger partial charge in [0.1, 0.15) is 22.7 Å². The second kappa shape index (κ2) is 8.13. The molecule has 6 heteroatoms. The highest BCUT2D eigenvalue weighted by atomic mass is 79.9. The number of aryl methyl sites for hydroxylation is 2. The number of rotatable bonds is 6. The number of hydrogen-bond donors (Lipinski definition) is 1. The Hall–Kier alpha value is -2.34. The van der Waals surface area contributed by atoms with Crippen molar-refractivity contribution in [1.82, 2.24) is 9.97 Å². The summed E-state index contributed by atoms with van der Waals surface area (Å²) in [5, 5.41) is 1.40. The summed E-state index contributed by atoms with van der Waals surface area (Å²) >= 11 is 3.49. The number of H-pyrrole nitrogens is 1. The van der Waals surface area contributed by atoms with E-state index >= 15 is 0 Å². The van der Waals surface area contributed by atoms with Crippen molar-refractivity contribution in [3.05, 3.63) is 51.3 Å². The standard InChI is InChI=1S/C21H23BrN2O3/c1-12-8-14(9-13(2)16(12)6-5-7-22)20-23-17-10-15(26-3)11-18(27-4)19(17)21(25)24-20/h8-11H,5-7H2,1-4H3,(H,23,24,25). The van der Waals surface area contributed by atoms with Crippen molar-refractivity contribution in [2.45, 2.75) is 26.7 Å². The minimum atomic E-state index is -0.229. The van der Waals surface area contributed by atoms with Crippen LogP contribution in [0, 0.1) is 13.8 Å². The molecule has 1 N–H and O–H groups in total. The van der Waals surface area contributed by atoms with Crippen LogP contribution in [0.15, 0.2) is 29.1 Å². The van der Waals surface area contributed by atoms with Gasteiger partial charge in [-0.25, -0.2) is 4.98 Å². The fraction of sp³-hybridized carbons (Fsp3) is 0.333. The molecule has 0 saturated heterocycles. The second-order valence-electron chi connectivity index (χ2n) is 6.52. The maximum absolute atomic E-state index is 12.7. The van der Waals surface area contributed by atoms with E-state index in [1.807, 2.05) is 0 Å². The first-order chi connectivity index (χ1) is 13.0. The van der Waals surface area contributed by atoms with Gasteiger partial charge in [-0.2, -0.15) is 0 Å². The van der Waals surface area contributed by atoms with Gasteiger partial charge in [0, 0.05) is 23.0 Å². The van der Waals surface area contributed by atoms with E-state index in [2.05, 4.69) is 51.9 Å². The Labute approximate surface area is 166 Å².